The number of carbonyl (C=O) groups is 1. The van der Waals surface area contributed by atoms with Gasteiger partial charge in [0.2, 0.25) is 5.91 Å². The van der Waals surface area contributed by atoms with Crippen LogP contribution in [0.1, 0.15) is 33.6 Å². The number of nitrogens with one attached hydrogen (secondary N) is 1. The quantitative estimate of drug-likeness (QED) is 0.685. The van der Waals surface area contributed by atoms with Crippen LogP contribution in [0.2, 0.25) is 0 Å². The Balaban J connectivity index is 3.76. The van der Waals surface area contributed by atoms with Crippen molar-refractivity contribution in [2.45, 2.75) is 39.7 Å². The minimum absolute atomic E-state index is 0.0663. The van der Waals surface area contributed by atoms with Crippen molar-refractivity contribution in [3.05, 3.63) is 0 Å². The molecule has 0 saturated heterocycles. The minimum atomic E-state index is 0.0663. The molecule has 1 atom stereocenters. The van der Waals surface area contributed by atoms with Crippen LogP contribution < -0.4 is 5.32 Å². The monoisotopic (exact) mass is 187 g/mol. The van der Waals surface area contributed by atoms with Crippen LogP contribution in [0.5, 0.6) is 0 Å². The molecule has 0 rings (SSSR count). The first-order valence-electron chi connectivity index (χ1n) is 4.91. The SMILES string of the molecule is CCC(CCOC)NC(=O)C(C)C. The molecule has 0 aromatic carbocycles. The van der Waals surface area contributed by atoms with E-state index in [0.717, 1.165) is 12.8 Å². The third-order valence-electron chi connectivity index (χ3n) is 2.03. The summed E-state index contributed by atoms with van der Waals surface area (Å²) in [5.41, 5.74) is 0. The molecule has 0 aliphatic carbocycles. The Bertz CT molecular complexity index is 146. The Morgan fingerprint density at radius 1 is 1.46 bits per heavy atom. The number of carbonyl (C=O) groups excluding carboxylic acids is 1. The fraction of sp³-hybridized carbons (Fsp3) is 0.900. The zero-order valence-corrected chi connectivity index (χ0v) is 9.09. The average molecular weight is 187 g/mol. The molecule has 0 saturated carbocycles. The lowest BCUT2D eigenvalue weighted by atomic mass is 10.1. The van der Waals surface area contributed by atoms with E-state index in [1.165, 1.54) is 0 Å². The number of amides is 1. The number of hydrogen-bond acceptors (Lipinski definition) is 2. The molecule has 78 valence electrons. The average Bonchev–Trinajstić information content (AvgIpc) is 2.11. The van der Waals surface area contributed by atoms with Crippen molar-refractivity contribution in [2.24, 2.45) is 5.92 Å². The molecule has 1 N–H and O–H groups in total. The topological polar surface area (TPSA) is 38.3 Å². The van der Waals surface area contributed by atoms with Gasteiger partial charge in [-0.25, -0.2) is 0 Å². The Hall–Kier alpha value is -0.570. The smallest absolute Gasteiger partial charge is 0.222 e. The summed E-state index contributed by atoms with van der Waals surface area (Å²) in [5.74, 6) is 0.194. The van der Waals surface area contributed by atoms with E-state index in [0.29, 0.717) is 6.61 Å². The van der Waals surface area contributed by atoms with Crippen molar-refractivity contribution in [2.75, 3.05) is 13.7 Å². The Morgan fingerprint density at radius 3 is 2.46 bits per heavy atom. The molecule has 0 spiro atoms. The van der Waals surface area contributed by atoms with Gasteiger partial charge < -0.3 is 10.1 Å². The van der Waals surface area contributed by atoms with E-state index in [1.807, 2.05) is 13.8 Å². The fourth-order valence-corrected chi connectivity index (χ4v) is 1.01. The van der Waals surface area contributed by atoms with Crippen molar-refractivity contribution < 1.29 is 9.53 Å². The predicted molar refractivity (Wildman–Crippen MR) is 53.6 cm³/mol. The van der Waals surface area contributed by atoms with Gasteiger partial charge in [-0.1, -0.05) is 20.8 Å². The second-order valence-electron chi connectivity index (χ2n) is 3.55. The van der Waals surface area contributed by atoms with Crippen LogP contribution in [-0.4, -0.2) is 25.7 Å². The molecule has 1 amide bonds. The molecule has 1 unspecified atom stereocenters. The van der Waals surface area contributed by atoms with Crippen molar-refractivity contribution >= 4 is 5.91 Å². The molecule has 0 aromatic heterocycles. The molecule has 3 nitrogen and oxygen atoms in total. The molecule has 0 radical (unpaired) electrons. The summed E-state index contributed by atoms with van der Waals surface area (Å²) in [6, 6.07) is 0.259. The molecule has 0 heterocycles. The lowest BCUT2D eigenvalue weighted by Crippen LogP contribution is -2.37. The molecular weight excluding hydrogens is 166 g/mol. The van der Waals surface area contributed by atoms with Crippen molar-refractivity contribution in [1.29, 1.82) is 0 Å². The first kappa shape index (κ1) is 12.4. The lowest BCUT2D eigenvalue weighted by Gasteiger charge is -2.17. The van der Waals surface area contributed by atoms with Crippen LogP contribution >= 0.6 is 0 Å². The number of rotatable bonds is 6. The highest BCUT2D eigenvalue weighted by atomic mass is 16.5. The maximum atomic E-state index is 11.3. The van der Waals surface area contributed by atoms with Crippen LogP contribution in [0.15, 0.2) is 0 Å². The van der Waals surface area contributed by atoms with Gasteiger partial charge >= 0.3 is 0 Å². The summed E-state index contributed by atoms with van der Waals surface area (Å²) in [4.78, 5) is 11.3. The van der Waals surface area contributed by atoms with Gasteiger partial charge in [0.05, 0.1) is 0 Å². The van der Waals surface area contributed by atoms with E-state index in [1.54, 1.807) is 7.11 Å². The molecule has 0 bridgehead atoms. The highest BCUT2D eigenvalue weighted by molar-refractivity contribution is 5.78. The summed E-state index contributed by atoms with van der Waals surface area (Å²) >= 11 is 0. The van der Waals surface area contributed by atoms with E-state index >= 15 is 0 Å². The molecule has 0 aromatic rings. The Morgan fingerprint density at radius 2 is 2.08 bits per heavy atom. The highest BCUT2D eigenvalue weighted by Gasteiger charge is 2.12. The minimum Gasteiger partial charge on any atom is -0.385 e. The molecule has 0 aliphatic rings. The predicted octanol–water partition coefficient (Wildman–Crippen LogP) is 1.57. The van der Waals surface area contributed by atoms with Crippen molar-refractivity contribution in [1.82, 2.24) is 5.32 Å². The largest absolute Gasteiger partial charge is 0.385 e. The number of methoxy groups -OCH3 is 1. The van der Waals surface area contributed by atoms with E-state index in [2.05, 4.69) is 12.2 Å². The van der Waals surface area contributed by atoms with Gasteiger partial charge in [-0.05, 0) is 12.8 Å². The maximum Gasteiger partial charge on any atom is 0.222 e. The Kier molecular flexibility index (Phi) is 6.59. The van der Waals surface area contributed by atoms with Gasteiger partial charge in [0.15, 0.2) is 0 Å². The van der Waals surface area contributed by atoms with E-state index in [9.17, 15) is 4.79 Å². The van der Waals surface area contributed by atoms with Gasteiger partial charge in [0.1, 0.15) is 0 Å². The standard InChI is InChI=1S/C10H21NO2/c1-5-9(6-7-13-4)11-10(12)8(2)3/h8-9H,5-7H2,1-4H3,(H,11,12). The summed E-state index contributed by atoms with van der Waals surface area (Å²) in [6.45, 7) is 6.58. The first-order valence-corrected chi connectivity index (χ1v) is 4.91. The van der Waals surface area contributed by atoms with E-state index in [4.69, 9.17) is 4.74 Å². The van der Waals surface area contributed by atoms with E-state index in [-0.39, 0.29) is 17.9 Å². The van der Waals surface area contributed by atoms with Gasteiger partial charge in [0, 0.05) is 25.7 Å². The zero-order valence-electron chi connectivity index (χ0n) is 9.09. The van der Waals surface area contributed by atoms with Gasteiger partial charge in [-0.15, -0.1) is 0 Å². The lowest BCUT2D eigenvalue weighted by molar-refractivity contribution is -0.124. The molecule has 13 heavy (non-hydrogen) atoms. The molecule has 0 aliphatic heterocycles. The molecule has 3 heteroatoms. The summed E-state index contributed by atoms with van der Waals surface area (Å²) in [7, 11) is 1.68. The second kappa shape index (κ2) is 6.89. The van der Waals surface area contributed by atoms with Crippen LogP contribution in [0, 0.1) is 5.92 Å². The van der Waals surface area contributed by atoms with Gasteiger partial charge in [0.25, 0.3) is 0 Å². The van der Waals surface area contributed by atoms with E-state index < -0.39 is 0 Å². The molecular formula is C10H21NO2. The van der Waals surface area contributed by atoms with Crippen molar-refractivity contribution in [3.8, 4) is 0 Å². The Labute approximate surface area is 80.8 Å². The molecule has 0 fully saturated rings. The third-order valence-corrected chi connectivity index (χ3v) is 2.03. The zero-order chi connectivity index (χ0) is 10.3. The third kappa shape index (κ3) is 5.64. The summed E-state index contributed by atoms with van der Waals surface area (Å²) in [6.07, 6.45) is 1.85. The number of ether oxygens (including phenoxy) is 1. The van der Waals surface area contributed by atoms with Crippen LogP contribution in [-0.2, 0) is 9.53 Å². The van der Waals surface area contributed by atoms with Crippen LogP contribution in [0.25, 0.3) is 0 Å². The summed E-state index contributed by atoms with van der Waals surface area (Å²) in [5, 5.41) is 2.98. The normalized spacial score (nSPS) is 13.0. The number of hydrogen-bond donors (Lipinski definition) is 1. The fourth-order valence-electron chi connectivity index (χ4n) is 1.01. The second-order valence-corrected chi connectivity index (χ2v) is 3.55. The maximum absolute atomic E-state index is 11.3. The highest BCUT2D eigenvalue weighted by Crippen LogP contribution is 2.00. The first-order chi connectivity index (χ1) is 6.11. The van der Waals surface area contributed by atoms with Gasteiger partial charge in [-0.3, -0.25) is 4.79 Å². The summed E-state index contributed by atoms with van der Waals surface area (Å²) < 4.78 is 4.96. The van der Waals surface area contributed by atoms with Crippen LogP contribution in [0.3, 0.4) is 0 Å². The van der Waals surface area contributed by atoms with Crippen LogP contribution in [0.4, 0.5) is 0 Å². The van der Waals surface area contributed by atoms with Crippen molar-refractivity contribution in [3.63, 3.8) is 0 Å². The van der Waals surface area contributed by atoms with Gasteiger partial charge in [-0.2, -0.15) is 0 Å².